The molecule has 1 saturated carbocycles. The van der Waals surface area contributed by atoms with Gasteiger partial charge in [0.1, 0.15) is 0 Å². The number of benzene rings is 1. The SMILES string of the molecule is CNCCNC(=O)c1cccc(S(=O)(=O)NCC2CC2)c1. The number of likely N-dealkylation sites (N-methyl/N-ethyl adjacent to an activating group) is 1. The minimum Gasteiger partial charge on any atom is -0.351 e. The molecule has 21 heavy (non-hydrogen) atoms. The van der Waals surface area contributed by atoms with E-state index >= 15 is 0 Å². The molecule has 0 atom stereocenters. The maximum absolute atomic E-state index is 12.1. The van der Waals surface area contributed by atoms with Crippen molar-refractivity contribution in [1.29, 1.82) is 0 Å². The number of rotatable bonds is 8. The second-order valence-corrected chi connectivity index (χ2v) is 6.95. The van der Waals surface area contributed by atoms with Crippen LogP contribution in [0.25, 0.3) is 0 Å². The van der Waals surface area contributed by atoms with Crippen LogP contribution in [0.2, 0.25) is 0 Å². The fourth-order valence-electron chi connectivity index (χ4n) is 1.84. The molecule has 0 aliphatic heterocycles. The van der Waals surface area contributed by atoms with Crippen molar-refractivity contribution in [2.45, 2.75) is 17.7 Å². The van der Waals surface area contributed by atoms with Gasteiger partial charge in [0.15, 0.2) is 0 Å². The third-order valence-electron chi connectivity index (χ3n) is 3.33. The quantitative estimate of drug-likeness (QED) is 0.604. The number of amides is 1. The number of hydrogen-bond acceptors (Lipinski definition) is 4. The van der Waals surface area contributed by atoms with Gasteiger partial charge in [-0.1, -0.05) is 6.07 Å². The van der Waals surface area contributed by atoms with Crippen LogP contribution in [0.3, 0.4) is 0 Å². The Morgan fingerprint density at radius 2 is 2.05 bits per heavy atom. The van der Waals surface area contributed by atoms with Gasteiger partial charge in [-0.3, -0.25) is 4.79 Å². The highest BCUT2D eigenvalue weighted by atomic mass is 32.2. The zero-order valence-electron chi connectivity index (χ0n) is 12.1. The van der Waals surface area contributed by atoms with E-state index in [1.165, 1.54) is 12.1 Å². The van der Waals surface area contributed by atoms with Crippen molar-refractivity contribution >= 4 is 15.9 Å². The lowest BCUT2D eigenvalue weighted by Gasteiger charge is -2.08. The van der Waals surface area contributed by atoms with E-state index in [4.69, 9.17) is 0 Å². The predicted octanol–water partition coefficient (Wildman–Crippen LogP) is 0.324. The number of sulfonamides is 1. The van der Waals surface area contributed by atoms with Crippen LogP contribution in [-0.2, 0) is 10.0 Å². The maximum atomic E-state index is 12.1. The summed E-state index contributed by atoms with van der Waals surface area (Å²) in [4.78, 5) is 12.0. The molecule has 0 heterocycles. The first-order valence-electron chi connectivity index (χ1n) is 7.05. The zero-order valence-corrected chi connectivity index (χ0v) is 12.9. The molecule has 1 aliphatic rings. The fraction of sp³-hybridized carbons (Fsp3) is 0.500. The van der Waals surface area contributed by atoms with Gasteiger partial charge in [0.25, 0.3) is 5.91 Å². The van der Waals surface area contributed by atoms with E-state index in [9.17, 15) is 13.2 Å². The summed E-state index contributed by atoms with van der Waals surface area (Å²) in [5, 5.41) is 5.64. The summed E-state index contributed by atoms with van der Waals surface area (Å²) in [5.74, 6) is 0.192. The minimum atomic E-state index is -3.54. The third-order valence-corrected chi connectivity index (χ3v) is 4.75. The summed E-state index contributed by atoms with van der Waals surface area (Å²) in [7, 11) is -1.74. The predicted molar refractivity (Wildman–Crippen MR) is 80.6 cm³/mol. The highest BCUT2D eigenvalue weighted by Crippen LogP contribution is 2.28. The van der Waals surface area contributed by atoms with Crippen LogP contribution in [0.4, 0.5) is 0 Å². The minimum absolute atomic E-state index is 0.129. The molecule has 1 aliphatic carbocycles. The molecule has 1 aromatic rings. The van der Waals surface area contributed by atoms with Crippen molar-refractivity contribution < 1.29 is 13.2 Å². The summed E-state index contributed by atoms with van der Waals surface area (Å²) >= 11 is 0. The molecule has 116 valence electrons. The van der Waals surface area contributed by atoms with Gasteiger partial charge in [0.2, 0.25) is 10.0 Å². The molecule has 2 rings (SSSR count). The number of carbonyl (C=O) groups is 1. The van der Waals surface area contributed by atoms with Crippen molar-refractivity contribution in [1.82, 2.24) is 15.4 Å². The van der Waals surface area contributed by atoms with Crippen molar-refractivity contribution in [2.75, 3.05) is 26.7 Å². The lowest BCUT2D eigenvalue weighted by molar-refractivity contribution is 0.0954. The first kappa shape index (κ1) is 15.9. The molecule has 1 fully saturated rings. The largest absolute Gasteiger partial charge is 0.351 e. The van der Waals surface area contributed by atoms with Crippen molar-refractivity contribution in [3.63, 3.8) is 0 Å². The van der Waals surface area contributed by atoms with E-state index in [0.29, 0.717) is 31.1 Å². The van der Waals surface area contributed by atoms with Crippen molar-refractivity contribution in [3.05, 3.63) is 29.8 Å². The Bertz CT molecular complexity index is 597. The molecule has 6 nitrogen and oxygen atoms in total. The van der Waals surface area contributed by atoms with E-state index in [0.717, 1.165) is 12.8 Å². The summed E-state index contributed by atoms with van der Waals surface area (Å²) in [6.45, 7) is 1.62. The highest BCUT2D eigenvalue weighted by molar-refractivity contribution is 7.89. The lowest BCUT2D eigenvalue weighted by Crippen LogP contribution is -2.31. The van der Waals surface area contributed by atoms with Gasteiger partial charge >= 0.3 is 0 Å². The first-order chi connectivity index (χ1) is 10.0. The average Bonchev–Trinajstić information content (AvgIpc) is 3.30. The average molecular weight is 311 g/mol. The van der Waals surface area contributed by atoms with Gasteiger partial charge < -0.3 is 10.6 Å². The molecule has 1 aromatic carbocycles. The Labute approximate surface area is 125 Å². The number of hydrogen-bond donors (Lipinski definition) is 3. The molecule has 0 radical (unpaired) electrons. The Kier molecular flexibility index (Phi) is 5.33. The third kappa shape index (κ3) is 4.80. The summed E-state index contributed by atoms with van der Waals surface area (Å²) in [6, 6.07) is 6.09. The lowest BCUT2D eigenvalue weighted by atomic mass is 10.2. The summed E-state index contributed by atoms with van der Waals surface area (Å²) in [5.41, 5.74) is 0.348. The topological polar surface area (TPSA) is 87.3 Å². The van der Waals surface area contributed by atoms with Crippen LogP contribution >= 0.6 is 0 Å². The number of carbonyl (C=O) groups excluding carboxylic acids is 1. The van der Waals surface area contributed by atoms with Gasteiger partial charge in [0.05, 0.1) is 4.90 Å². The Hall–Kier alpha value is -1.44. The van der Waals surface area contributed by atoms with E-state index in [2.05, 4.69) is 15.4 Å². The van der Waals surface area contributed by atoms with Crippen molar-refractivity contribution in [2.24, 2.45) is 5.92 Å². The van der Waals surface area contributed by atoms with Gasteiger partial charge in [-0.15, -0.1) is 0 Å². The number of nitrogens with one attached hydrogen (secondary N) is 3. The van der Waals surface area contributed by atoms with Crippen LogP contribution in [0, 0.1) is 5.92 Å². The first-order valence-corrected chi connectivity index (χ1v) is 8.54. The van der Waals surface area contributed by atoms with Gasteiger partial charge in [-0.05, 0) is 44.0 Å². The summed E-state index contributed by atoms with van der Waals surface area (Å²) < 4.78 is 26.9. The standard InChI is InChI=1S/C14H21N3O3S/c1-15-7-8-16-14(18)12-3-2-4-13(9-12)21(19,20)17-10-11-5-6-11/h2-4,9,11,15,17H,5-8,10H2,1H3,(H,16,18). The molecule has 7 heteroatoms. The molecule has 0 spiro atoms. The van der Waals surface area contributed by atoms with Gasteiger partial charge in [-0.25, -0.2) is 13.1 Å². The summed E-state index contributed by atoms with van der Waals surface area (Å²) in [6.07, 6.45) is 2.16. The second kappa shape index (κ2) is 7.02. The molecule has 0 aromatic heterocycles. The molecule has 0 unspecified atom stereocenters. The van der Waals surface area contributed by atoms with Crippen LogP contribution in [0.15, 0.2) is 29.2 Å². The second-order valence-electron chi connectivity index (χ2n) is 5.18. The van der Waals surface area contributed by atoms with Crippen LogP contribution in [0.1, 0.15) is 23.2 Å². The van der Waals surface area contributed by atoms with Crippen molar-refractivity contribution in [3.8, 4) is 0 Å². The van der Waals surface area contributed by atoms with Crippen LogP contribution in [0.5, 0.6) is 0 Å². The molecule has 3 N–H and O–H groups in total. The van der Waals surface area contributed by atoms with E-state index in [-0.39, 0.29) is 10.8 Å². The highest BCUT2D eigenvalue weighted by Gasteiger charge is 2.24. The smallest absolute Gasteiger partial charge is 0.251 e. The van der Waals surface area contributed by atoms with Crippen LogP contribution < -0.4 is 15.4 Å². The normalized spacial score (nSPS) is 14.9. The van der Waals surface area contributed by atoms with E-state index in [1.54, 1.807) is 19.2 Å². The zero-order chi connectivity index (χ0) is 15.3. The molecule has 0 bridgehead atoms. The molecular weight excluding hydrogens is 290 g/mol. The molecular formula is C14H21N3O3S. The monoisotopic (exact) mass is 311 g/mol. The Morgan fingerprint density at radius 1 is 1.29 bits per heavy atom. The fourth-order valence-corrected chi connectivity index (χ4v) is 3.00. The van der Waals surface area contributed by atoms with Gasteiger partial charge in [-0.2, -0.15) is 0 Å². The Balaban J connectivity index is 2.03. The van der Waals surface area contributed by atoms with Gasteiger partial charge in [0, 0.05) is 25.2 Å². The molecule has 1 amide bonds. The van der Waals surface area contributed by atoms with E-state index < -0.39 is 10.0 Å². The maximum Gasteiger partial charge on any atom is 0.251 e. The van der Waals surface area contributed by atoms with E-state index in [1.807, 2.05) is 0 Å². The van der Waals surface area contributed by atoms with Crippen LogP contribution in [-0.4, -0.2) is 41.0 Å². The Morgan fingerprint density at radius 3 is 2.71 bits per heavy atom. The molecule has 0 saturated heterocycles.